The molecular formula is C14H26N2O. The van der Waals surface area contributed by atoms with Crippen molar-refractivity contribution in [3.8, 4) is 0 Å². The molecule has 0 unspecified atom stereocenters. The van der Waals surface area contributed by atoms with Gasteiger partial charge in [0.1, 0.15) is 11.5 Å². The molecule has 1 rings (SSSR count). The molecule has 0 bridgehead atoms. The Kier molecular flexibility index (Phi) is 5.72. The van der Waals surface area contributed by atoms with Gasteiger partial charge in [0.15, 0.2) is 0 Å². The molecule has 0 saturated carbocycles. The molecule has 17 heavy (non-hydrogen) atoms. The molecule has 1 heterocycles. The van der Waals surface area contributed by atoms with Crippen molar-refractivity contribution in [1.29, 1.82) is 0 Å². The van der Waals surface area contributed by atoms with Crippen LogP contribution in [0.5, 0.6) is 0 Å². The molecule has 0 fully saturated rings. The average Bonchev–Trinajstić information content (AvgIpc) is 2.54. The number of rotatable bonds is 7. The maximum Gasteiger partial charge on any atom is 0.118 e. The molecule has 3 nitrogen and oxygen atoms in total. The van der Waals surface area contributed by atoms with E-state index in [1.165, 1.54) is 5.56 Å². The lowest BCUT2D eigenvalue weighted by Gasteiger charge is -2.17. The highest BCUT2D eigenvalue weighted by atomic mass is 16.3. The lowest BCUT2D eigenvalue weighted by Crippen LogP contribution is -2.22. The van der Waals surface area contributed by atoms with E-state index in [1.807, 2.05) is 6.92 Å². The van der Waals surface area contributed by atoms with Gasteiger partial charge in [0.25, 0.3) is 0 Å². The molecule has 0 aromatic carbocycles. The van der Waals surface area contributed by atoms with Crippen molar-refractivity contribution < 1.29 is 4.42 Å². The molecule has 98 valence electrons. The standard InChI is InChI=1S/C14H26N2O/c1-6-15-8-13-7-14(17-12(13)4)10-16(5)9-11(2)3/h7,11,15H,6,8-10H2,1-5H3. The number of hydrogen-bond acceptors (Lipinski definition) is 3. The Morgan fingerprint density at radius 3 is 2.71 bits per heavy atom. The van der Waals surface area contributed by atoms with Crippen molar-refractivity contribution in [2.45, 2.75) is 40.8 Å². The van der Waals surface area contributed by atoms with Crippen LogP contribution in [0.2, 0.25) is 0 Å². The minimum Gasteiger partial charge on any atom is -0.465 e. The first kappa shape index (κ1) is 14.3. The molecule has 0 aliphatic heterocycles. The van der Waals surface area contributed by atoms with Gasteiger partial charge >= 0.3 is 0 Å². The Balaban J connectivity index is 2.54. The Morgan fingerprint density at radius 2 is 2.12 bits per heavy atom. The fourth-order valence-electron chi connectivity index (χ4n) is 2.05. The van der Waals surface area contributed by atoms with Crippen molar-refractivity contribution in [3.05, 3.63) is 23.2 Å². The Morgan fingerprint density at radius 1 is 1.41 bits per heavy atom. The number of nitrogens with one attached hydrogen (secondary N) is 1. The normalized spacial score (nSPS) is 11.7. The number of aryl methyl sites for hydroxylation is 1. The van der Waals surface area contributed by atoms with E-state index in [1.54, 1.807) is 0 Å². The summed E-state index contributed by atoms with van der Waals surface area (Å²) in [5.74, 6) is 2.80. The van der Waals surface area contributed by atoms with E-state index in [0.717, 1.165) is 37.7 Å². The zero-order valence-electron chi connectivity index (χ0n) is 11.8. The van der Waals surface area contributed by atoms with Crippen molar-refractivity contribution in [3.63, 3.8) is 0 Å². The van der Waals surface area contributed by atoms with Gasteiger partial charge in [-0.15, -0.1) is 0 Å². The summed E-state index contributed by atoms with van der Waals surface area (Å²) in [6.45, 7) is 12.5. The summed E-state index contributed by atoms with van der Waals surface area (Å²) in [4.78, 5) is 2.31. The molecule has 0 amide bonds. The van der Waals surface area contributed by atoms with Crippen molar-refractivity contribution in [2.75, 3.05) is 20.1 Å². The van der Waals surface area contributed by atoms with E-state index >= 15 is 0 Å². The average molecular weight is 238 g/mol. The third-order valence-corrected chi connectivity index (χ3v) is 2.74. The highest BCUT2D eigenvalue weighted by Gasteiger charge is 2.09. The predicted octanol–water partition coefficient (Wildman–Crippen LogP) is 2.79. The van der Waals surface area contributed by atoms with Gasteiger partial charge < -0.3 is 9.73 Å². The number of furan rings is 1. The van der Waals surface area contributed by atoms with Crippen molar-refractivity contribution >= 4 is 0 Å². The minimum atomic E-state index is 0.692. The van der Waals surface area contributed by atoms with Crippen molar-refractivity contribution in [2.24, 2.45) is 5.92 Å². The van der Waals surface area contributed by atoms with Crippen LogP contribution in [0.15, 0.2) is 10.5 Å². The molecule has 0 saturated heterocycles. The first-order chi connectivity index (χ1) is 8.02. The monoisotopic (exact) mass is 238 g/mol. The van der Waals surface area contributed by atoms with Gasteiger partial charge in [-0.3, -0.25) is 4.90 Å². The number of hydrogen-bond donors (Lipinski definition) is 1. The van der Waals surface area contributed by atoms with E-state index < -0.39 is 0 Å². The fourth-order valence-corrected chi connectivity index (χ4v) is 2.05. The number of nitrogens with zero attached hydrogens (tertiary/aromatic N) is 1. The second-order valence-electron chi connectivity index (χ2n) is 5.17. The second kappa shape index (κ2) is 6.82. The first-order valence-electron chi connectivity index (χ1n) is 6.50. The lowest BCUT2D eigenvalue weighted by molar-refractivity contribution is 0.263. The van der Waals surface area contributed by atoms with Crippen LogP contribution < -0.4 is 5.32 Å². The Hall–Kier alpha value is -0.800. The van der Waals surface area contributed by atoms with E-state index in [4.69, 9.17) is 4.42 Å². The predicted molar refractivity (Wildman–Crippen MR) is 72.0 cm³/mol. The van der Waals surface area contributed by atoms with Gasteiger partial charge in [-0.1, -0.05) is 20.8 Å². The third kappa shape index (κ3) is 4.92. The van der Waals surface area contributed by atoms with E-state index in [9.17, 15) is 0 Å². The van der Waals surface area contributed by atoms with Crippen LogP contribution in [0.1, 0.15) is 37.9 Å². The zero-order valence-corrected chi connectivity index (χ0v) is 11.8. The molecule has 0 aliphatic carbocycles. The molecule has 0 atom stereocenters. The van der Waals surface area contributed by atoms with Crippen LogP contribution in [-0.4, -0.2) is 25.0 Å². The highest BCUT2D eigenvalue weighted by molar-refractivity contribution is 5.20. The van der Waals surface area contributed by atoms with Crippen LogP contribution >= 0.6 is 0 Å². The molecule has 1 aromatic heterocycles. The molecule has 0 spiro atoms. The van der Waals surface area contributed by atoms with Gasteiger partial charge in [0.2, 0.25) is 0 Å². The maximum absolute atomic E-state index is 5.78. The quantitative estimate of drug-likeness (QED) is 0.792. The summed E-state index contributed by atoms with van der Waals surface area (Å²) in [5, 5.41) is 3.33. The lowest BCUT2D eigenvalue weighted by atomic mass is 10.2. The van der Waals surface area contributed by atoms with Gasteiger partial charge in [-0.25, -0.2) is 0 Å². The second-order valence-corrected chi connectivity index (χ2v) is 5.17. The summed E-state index contributed by atoms with van der Waals surface area (Å²) in [6.07, 6.45) is 0. The Labute approximate surface area is 105 Å². The minimum absolute atomic E-state index is 0.692. The molecule has 1 aromatic rings. The summed E-state index contributed by atoms with van der Waals surface area (Å²) in [6, 6.07) is 2.18. The van der Waals surface area contributed by atoms with E-state index in [0.29, 0.717) is 5.92 Å². The topological polar surface area (TPSA) is 28.4 Å². The summed E-state index contributed by atoms with van der Waals surface area (Å²) >= 11 is 0. The van der Waals surface area contributed by atoms with Crippen LogP contribution in [-0.2, 0) is 13.1 Å². The summed E-state index contributed by atoms with van der Waals surface area (Å²) < 4.78 is 5.78. The molecular weight excluding hydrogens is 212 g/mol. The SMILES string of the molecule is CCNCc1cc(CN(C)CC(C)C)oc1C. The highest BCUT2D eigenvalue weighted by Crippen LogP contribution is 2.16. The van der Waals surface area contributed by atoms with Crippen molar-refractivity contribution in [1.82, 2.24) is 10.2 Å². The molecule has 0 radical (unpaired) electrons. The van der Waals surface area contributed by atoms with Gasteiger partial charge in [-0.2, -0.15) is 0 Å². The molecule has 3 heteroatoms. The molecule has 1 N–H and O–H groups in total. The third-order valence-electron chi connectivity index (χ3n) is 2.74. The van der Waals surface area contributed by atoms with E-state index in [-0.39, 0.29) is 0 Å². The first-order valence-corrected chi connectivity index (χ1v) is 6.50. The molecule has 0 aliphatic rings. The fraction of sp³-hybridized carbons (Fsp3) is 0.714. The maximum atomic E-state index is 5.78. The summed E-state index contributed by atoms with van der Waals surface area (Å²) in [5.41, 5.74) is 1.28. The smallest absolute Gasteiger partial charge is 0.118 e. The van der Waals surface area contributed by atoms with Gasteiger partial charge in [0, 0.05) is 18.7 Å². The van der Waals surface area contributed by atoms with Crippen LogP contribution in [0.4, 0.5) is 0 Å². The Bertz CT molecular complexity index is 331. The van der Waals surface area contributed by atoms with Crippen LogP contribution in [0, 0.1) is 12.8 Å². The van der Waals surface area contributed by atoms with E-state index in [2.05, 4.69) is 44.1 Å². The van der Waals surface area contributed by atoms with Crippen LogP contribution in [0.25, 0.3) is 0 Å². The van der Waals surface area contributed by atoms with Gasteiger partial charge in [-0.05, 0) is 32.5 Å². The van der Waals surface area contributed by atoms with Gasteiger partial charge in [0.05, 0.1) is 6.54 Å². The largest absolute Gasteiger partial charge is 0.465 e. The van der Waals surface area contributed by atoms with Crippen LogP contribution in [0.3, 0.4) is 0 Å². The summed E-state index contributed by atoms with van der Waals surface area (Å²) in [7, 11) is 2.14. The zero-order chi connectivity index (χ0) is 12.8.